The van der Waals surface area contributed by atoms with E-state index in [0.717, 1.165) is 37.1 Å². The van der Waals surface area contributed by atoms with Crippen molar-refractivity contribution in [3.05, 3.63) is 0 Å². The quantitative estimate of drug-likeness (QED) is 0.697. The van der Waals surface area contributed by atoms with Crippen molar-refractivity contribution in [3.8, 4) is 0 Å². The molecule has 0 aromatic carbocycles. The number of carbonyl (C=O) groups is 2. The minimum Gasteiger partial charge on any atom is -0.448 e. The lowest BCUT2D eigenvalue weighted by molar-refractivity contribution is -0.132. The fourth-order valence-corrected chi connectivity index (χ4v) is 3.08. The third-order valence-corrected chi connectivity index (χ3v) is 4.77. The van der Waals surface area contributed by atoms with Gasteiger partial charge in [0.15, 0.2) is 5.78 Å². The molecular weight excluding hydrogens is 348 g/mol. The van der Waals surface area contributed by atoms with E-state index < -0.39 is 12.3 Å². The smallest absolute Gasteiger partial charge is 0.408 e. The molecule has 0 spiro atoms. The molecule has 0 aromatic heterocycles. The van der Waals surface area contributed by atoms with Crippen molar-refractivity contribution >= 4 is 17.9 Å². The van der Waals surface area contributed by atoms with Gasteiger partial charge in [-0.05, 0) is 39.3 Å². The second kappa shape index (κ2) is 10.5. The number of nitrogens with zero attached hydrogens (tertiary/aromatic N) is 3. The molecule has 1 N–H and O–H groups in total. The Bertz CT molecular complexity index is 530. The van der Waals surface area contributed by atoms with Crippen LogP contribution >= 0.6 is 0 Å². The summed E-state index contributed by atoms with van der Waals surface area (Å²) in [4.78, 5) is 27.3. The molecule has 0 aromatic rings. The predicted molar refractivity (Wildman–Crippen MR) is 103 cm³/mol. The zero-order chi connectivity index (χ0) is 19.8. The Hall–Kier alpha value is -1.83. The molecule has 1 aliphatic heterocycles. The maximum absolute atomic E-state index is 12.7. The number of hydrazone groups is 1. The van der Waals surface area contributed by atoms with Gasteiger partial charge in [-0.2, -0.15) is 5.01 Å². The lowest BCUT2D eigenvalue weighted by atomic mass is 9.96. The average Bonchev–Trinajstić information content (AvgIpc) is 3.04. The Morgan fingerprint density at radius 3 is 2.63 bits per heavy atom. The van der Waals surface area contributed by atoms with E-state index in [-0.39, 0.29) is 17.9 Å². The monoisotopic (exact) mass is 382 g/mol. The summed E-state index contributed by atoms with van der Waals surface area (Å²) < 4.78 is 11.1. The van der Waals surface area contributed by atoms with Crippen molar-refractivity contribution in [1.82, 2.24) is 15.2 Å². The van der Waals surface area contributed by atoms with Gasteiger partial charge in [0.1, 0.15) is 6.61 Å². The van der Waals surface area contributed by atoms with Crippen LogP contribution in [0.2, 0.25) is 0 Å². The molecule has 1 fully saturated rings. The second-order valence-electron chi connectivity index (χ2n) is 8.02. The van der Waals surface area contributed by atoms with Crippen LogP contribution in [0.25, 0.3) is 0 Å². The molecule has 1 atom stereocenters. The maximum Gasteiger partial charge on any atom is 0.408 e. The zero-order valence-electron chi connectivity index (χ0n) is 17.1. The third kappa shape index (κ3) is 7.01. The van der Waals surface area contributed by atoms with Crippen LogP contribution in [0.4, 0.5) is 4.79 Å². The highest BCUT2D eigenvalue weighted by Gasteiger charge is 2.39. The van der Waals surface area contributed by atoms with Gasteiger partial charge in [0.25, 0.3) is 6.23 Å². The number of hydrogen-bond acceptors (Lipinski definition) is 6. The third-order valence-electron chi connectivity index (χ3n) is 4.77. The van der Waals surface area contributed by atoms with Crippen molar-refractivity contribution in [2.45, 2.75) is 71.1 Å². The van der Waals surface area contributed by atoms with Crippen LogP contribution in [0.1, 0.15) is 58.8 Å². The molecule has 8 nitrogen and oxygen atoms in total. The van der Waals surface area contributed by atoms with Crippen LogP contribution in [0, 0.1) is 5.92 Å². The molecule has 154 valence electrons. The van der Waals surface area contributed by atoms with Gasteiger partial charge in [-0.25, -0.2) is 4.79 Å². The Labute approximate surface area is 162 Å². The van der Waals surface area contributed by atoms with Gasteiger partial charge < -0.3 is 19.7 Å². The van der Waals surface area contributed by atoms with Gasteiger partial charge in [-0.1, -0.05) is 38.2 Å². The molecule has 2 aliphatic rings. The number of rotatable bonds is 8. The van der Waals surface area contributed by atoms with E-state index in [2.05, 4.69) is 24.3 Å². The minimum absolute atomic E-state index is 0.0152. The fourth-order valence-electron chi connectivity index (χ4n) is 3.08. The van der Waals surface area contributed by atoms with Gasteiger partial charge >= 0.3 is 12.1 Å². The van der Waals surface area contributed by atoms with Crippen molar-refractivity contribution in [1.29, 1.82) is 0 Å². The molecule has 1 aliphatic carbocycles. The number of Topliss-reactive ketones (excluding diaryl/α,β-unsaturated/α-hetero) is 1. The summed E-state index contributed by atoms with van der Waals surface area (Å²) in [7, 11) is 3.87. The first-order valence-electron chi connectivity index (χ1n) is 10.0. The van der Waals surface area contributed by atoms with E-state index in [9.17, 15) is 9.59 Å². The Kier molecular flexibility index (Phi) is 8.34. The lowest BCUT2D eigenvalue weighted by Crippen LogP contribution is -2.48. The fraction of sp³-hybridized carbons (Fsp3) is 0.842. The summed E-state index contributed by atoms with van der Waals surface area (Å²) in [6.45, 7) is 5.17. The van der Waals surface area contributed by atoms with Gasteiger partial charge in [-0.3, -0.25) is 4.79 Å². The molecule has 8 heteroatoms. The predicted octanol–water partition coefficient (Wildman–Crippen LogP) is 2.54. The highest BCUT2D eigenvalue weighted by atomic mass is 16.7. The molecule has 0 saturated heterocycles. The molecule has 1 saturated carbocycles. The Morgan fingerprint density at radius 2 is 2.00 bits per heavy atom. The molecule has 27 heavy (non-hydrogen) atoms. The van der Waals surface area contributed by atoms with Crippen molar-refractivity contribution in [2.24, 2.45) is 11.0 Å². The number of likely N-dealkylation sites (N-methyl/N-ethyl adjacent to an activating group) is 1. The maximum atomic E-state index is 12.7. The minimum atomic E-state index is -1.04. The largest absolute Gasteiger partial charge is 0.448 e. The highest BCUT2D eigenvalue weighted by molar-refractivity contribution is 5.91. The van der Waals surface area contributed by atoms with E-state index in [0.29, 0.717) is 25.5 Å². The normalized spacial score (nSPS) is 20.6. The van der Waals surface area contributed by atoms with Crippen molar-refractivity contribution < 1.29 is 19.1 Å². The Morgan fingerprint density at radius 1 is 1.30 bits per heavy atom. The first kappa shape index (κ1) is 21.5. The molecule has 1 unspecified atom stereocenters. The zero-order valence-corrected chi connectivity index (χ0v) is 17.1. The number of hydrogen-bond donors (Lipinski definition) is 1. The summed E-state index contributed by atoms with van der Waals surface area (Å²) in [6.07, 6.45) is 5.38. The molecule has 0 bridgehead atoms. The van der Waals surface area contributed by atoms with Gasteiger partial charge in [0, 0.05) is 19.0 Å². The van der Waals surface area contributed by atoms with Crippen LogP contribution in [-0.2, 0) is 14.3 Å². The summed E-state index contributed by atoms with van der Waals surface area (Å²) >= 11 is 0. The molecule has 2 rings (SSSR count). The second-order valence-corrected chi connectivity index (χ2v) is 8.02. The average molecular weight is 383 g/mol. The summed E-state index contributed by atoms with van der Waals surface area (Å²) in [5, 5.41) is 8.24. The van der Waals surface area contributed by atoms with Crippen LogP contribution < -0.4 is 5.32 Å². The Balaban J connectivity index is 1.99. The number of urea groups is 1. The topological polar surface area (TPSA) is 83.5 Å². The van der Waals surface area contributed by atoms with Gasteiger partial charge in [0.05, 0.1) is 0 Å². The van der Waals surface area contributed by atoms with E-state index in [1.165, 1.54) is 6.42 Å². The summed E-state index contributed by atoms with van der Waals surface area (Å²) in [5.74, 6) is 0.244. The number of ether oxygens (including phenoxy) is 2. The van der Waals surface area contributed by atoms with E-state index in [4.69, 9.17) is 9.47 Å². The number of nitrogens with one attached hydrogen (secondary N) is 1. The first-order valence-corrected chi connectivity index (χ1v) is 10.0. The highest BCUT2D eigenvalue weighted by Crippen LogP contribution is 2.21. The van der Waals surface area contributed by atoms with Crippen molar-refractivity contribution in [2.75, 3.05) is 27.2 Å². The van der Waals surface area contributed by atoms with Crippen molar-refractivity contribution in [3.63, 3.8) is 0 Å². The molecule has 2 amide bonds. The molecule has 1 heterocycles. The van der Waals surface area contributed by atoms with E-state index >= 15 is 0 Å². The standard InChI is InChI=1S/C19H34N4O4/c1-14(2)10-11-16(24)17-23(18(25)20-15-8-6-5-7-9-15)21-19(27-17)26-13-12-22(3)4/h14-15,17H,5-13H2,1-4H3,(H,20,25). The van der Waals surface area contributed by atoms with E-state index in [1.54, 1.807) is 0 Å². The number of carbonyl (C=O) groups excluding carboxylic acids is 2. The van der Waals surface area contributed by atoms with Crippen LogP contribution in [0.3, 0.4) is 0 Å². The lowest BCUT2D eigenvalue weighted by Gasteiger charge is -2.26. The van der Waals surface area contributed by atoms with Crippen LogP contribution in [0.5, 0.6) is 0 Å². The van der Waals surface area contributed by atoms with Crippen LogP contribution in [-0.4, -0.2) is 67.3 Å². The van der Waals surface area contributed by atoms with E-state index in [1.807, 2.05) is 19.0 Å². The van der Waals surface area contributed by atoms with Crippen LogP contribution in [0.15, 0.2) is 5.10 Å². The number of ketones is 1. The molecular formula is C19H34N4O4. The first-order chi connectivity index (χ1) is 12.9. The van der Waals surface area contributed by atoms with Gasteiger partial charge in [0.2, 0.25) is 0 Å². The van der Waals surface area contributed by atoms with Gasteiger partial charge in [-0.15, -0.1) is 0 Å². The SMILES string of the molecule is CC(C)CCC(=O)C1OC(OCCN(C)C)=NN1C(=O)NC1CCCCC1. The summed E-state index contributed by atoms with van der Waals surface area (Å²) in [6, 6.07) is -0.261. The number of amides is 2. The molecule has 0 radical (unpaired) electrons. The summed E-state index contributed by atoms with van der Waals surface area (Å²) in [5.41, 5.74) is 0.